The van der Waals surface area contributed by atoms with Crippen molar-refractivity contribution in [3.63, 3.8) is 0 Å². The zero-order valence-electron chi connectivity index (χ0n) is 10.7. The highest BCUT2D eigenvalue weighted by molar-refractivity contribution is 5.41. The van der Waals surface area contributed by atoms with Gasteiger partial charge in [-0.25, -0.2) is 4.39 Å². The normalized spacial score (nSPS) is 28.3. The molecule has 3 heteroatoms. The standard InChI is InChI=1S/C15H21FN2/c16-13-7-11(8-14(17)9-13)10-18-6-5-12-3-1-2-4-15(12)18/h7-9,12,15H,1-6,10,17H2. The van der Waals surface area contributed by atoms with E-state index in [2.05, 4.69) is 4.90 Å². The van der Waals surface area contributed by atoms with Crippen LogP contribution in [0.5, 0.6) is 0 Å². The number of nitrogen functional groups attached to an aromatic ring is 1. The molecular weight excluding hydrogens is 227 g/mol. The van der Waals surface area contributed by atoms with Crippen LogP contribution in [0.4, 0.5) is 10.1 Å². The molecular formula is C15H21FN2. The van der Waals surface area contributed by atoms with Gasteiger partial charge in [0.1, 0.15) is 5.82 Å². The second kappa shape index (κ2) is 4.88. The van der Waals surface area contributed by atoms with Crippen LogP contribution >= 0.6 is 0 Å². The molecule has 0 amide bonds. The summed E-state index contributed by atoms with van der Waals surface area (Å²) in [6, 6.07) is 5.63. The average Bonchev–Trinajstić information content (AvgIpc) is 2.72. The maximum absolute atomic E-state index is 13.3. The van der Waals surface area contributed by atoms with Crippen molar-refractivity contribution in [2.75, 3.05) is 12.3 Å². The van der Waals surface area contributed by atoms with E-state index in [-0.39, 0.29) is 5.82 Å². The zero-order chi connectivity index (χ0) is 12.5. The summed E-state index contributed by atoms with van der Waals surface area (Å²) in [7, 11) is 0. The first-order valence-corrected chi connectivity index (χ1v) is 7.01. The monoisotopic (exact) mass is 248 g/mol. The Morgan fingerprint density at radius 1 is 1.17 bits per heavy atom. The summed E-state index contributed by atoms with van der Waals surface area (Å²) in [5, 5.41) is 0. The first kappa shape index (κ1) is 12.0. The fourth-order valence-electron chi connectivity index (χ4n) is 3.70. The molecule has 0 spiro atoms. The number of nitrogens with zero attached hydrogens (tertiary/aromatic N) is 1. The Labute approximate surface area is 108 Å². The predicted octanol–water partition coefficient (Wildman–Crippen LogP) is 3.17. The highest BCUT2D eigenvalue weighted by atomic mass is 19.1. The second-order valence-electron chi connectivity index (χ2n) is 5.76. The smallest absolute Gasteiger partial charge is 0.125 e. The van der Waals surface area contributed by atoms with Crippen molar-refractivity contribution in [2.45, 2.75) is 44.7 Å². The number of fused-ring (bicyclic) bond motifs is 1. The number of rotatable bonds is 2. The number of hydrogen-bond donors (Lipinski definition) is 1. The summed E-state index contributed by atoms with van der Waals surface area (Å²) in [5.41, 5.74) is 7.25. The molecule has 0 bridgehead atoms. The molecule has 2 atom stereocenters. The van der Waals surface area contributed by atoms with Crippen LogP contribution in [0.25, 0.3) is 0 Å². The van der Waals surface area contributed by atoms with Crippen molar-refractivity contribution in [2.24, 2.45) is 5.92 Å². The minimum Gasteiger partial charge on any atom is -0.399 e. The molecule has 98 valence electrons. The maximum atomic E-state index is 13.3. The van der Waals surface area contributed by atoms with Gasteiger partial charge >= 0.3 is 0 Å². The van der Waals surface area contributed by atoms with Crippen LogP contribution in [0.15, 0.2) is 18.2 Å². The molecule has 1 heterocycles. The van der Waals surface area contributed by atoms with Crippen LogP contribution in [-0.2, 0) is 6.54 Å². The van der Waals surface area contributed by atoms with Crippen molar-refractivity contribution in [3.05, 3.63) is 29.6 Å². The molecule has 18 heavy (non-hydrogen) atoms. The number of anilines is 1. The number of likely N-dealkylation sites (tertiary alicyclic amines) is 1. The molecule has 0 aromatic heterocycles. The maximum Gasteiger partial charge on any atom is 0.125 e. The Bertz CT molecular complexity index is 412. The Hall–Kier alpha value is -1.09. The summed E-state index contributed by atoms with van der Waals surface area (Å²) in [4.78, 5) is 2.53. The van der Waals surface area contributed by atoms with E-state index < -0.39 is 0 Å². The van der Waals surface area contributed by atoms with E-state index in [0.29, 0.717) is 5.69 Å². The van der Waals surface area contributed by atoms with Gasteiger partial charge in [0.05, 0.1) is 0 Å². The predicted molar refractivity (Wildman–Crippen MR) is 71.6 cm³/mol. The Morgan fingerprint density at radius 2 is 2.00 bits per heavy atom. The van der Waals surface area contributed by atoms with Crippen LogP contribution in [0.3, 0.4) is 0 Å². The van der Waals surface area contributed by atoms with Gasteiger partial charge in [-0.15, -0.1) is 0 Å². The van der Waals surface area contributed by atoms with Crippen molar-refractivity contribution in [3.8, 4) is 0 Å². The first-order valence-electron chi connectivity index (χ1n) is 7.01. The average molecular weight is 248 g/mol. The summed E-state index contributed by atoms with van der Waals surface area (Å²) in [6.45, 7) is 2.01. The number of halogens is 1. The van der Waals surface area contributed by atoms with Crippen LogP contribution < -0.4 is 5.73 Å². The van der Waals surface area contributed by atoms with Gasteiger partial charge in [0.2, 0.25) is 0 Å². The molecule has 0 radical (unpaired) electrons. The third kappa shape index (κ3) is 2.37. The topological polar surface area (TPSA) is 29.3 Å². The van der Waals surface area contributed by atoms with E-state index in [1.807, 2.05) is 6.07 Å². The largest absolute Gasteiger partial charge is 0.399 e. The van der Waals surface area contributed by atoms with Gasteiger partial charge < -0.3 is 5.73 Å². The number of hydrogen-bond acceptors (Lipinski definition) is 2. The molecule has 2 unspecified atom stereocenters. The van der Waals surface area contributed by atoms with Gasteiger partial charge in [0.25, 0.3) is 0 Å². The minimum atomic E-state index is -0.218. The summed E-state index contributed by atoms with van der Waals surface area (Å²) >= 11 is 0. The lowest BCUT2D eigenvalue weighted by Gasteiger charge is -2.31. The third-order valence-electron chi connectivity index (χ3n) is 4.49. The quantitative estimate of drug-likeness (QED) is 0.814. The van der Waals surface area contributed by atoms with Gasteiger partial charge in [-0.1, -0.05) is 12.8 Å². The molecule has 1 saturated heterocycles. The van der Waals surface area contributed by atoms with Crippen LogP contribution in [0, 0.1) is 11.7 Å². The zero-order valence-corrected chi connectivity index (χ0v) is 10.7. The lowest BCUT2D eigenvalue weighted by Crippen LogP contribution is -2.34. The van der Waals surface area contributed by atoms with Gasteiger partial charge in [0, 0.05) is 18.3 Å². The summed E-state index contributed by atoms with van der Waals surface area (Å²) < 4.78 is 13.3. The van der Waals surface area contributed by atoms with Crippen molar-refractivity contribution in [1.82, 2.24) is 4.90 Å². The van der Waals surface area contributed by atoms with E-state index >= 15 is 0 Å². The molecule has 2 N–H and O–H groups in total. The van der Waals surface area contributed by atoms with Crippen LogP contribution in [-0.4, -0.2) is 17.5 Å². The number of nitrogens with two attached hydrogens (primary N) is 1. The van der Waals surface area contributed by atoms with E-state index in [1.165, 1.54) is 38.2 Å². The highest BCUT2D eigenvalue weighted by Crippen LogP contribution is 2.36. The van der Waals surface area contributed by atoms with Gasteiger partial charge in [-0.3, -0.25) is 4.90 Å². The second-order valence-corrected chi connectivity index (χ2v) is 5.76. The Balaban J connectivity index is 1.72. The van der Waals surface area contributed by atoms with E-state index in [4.69, 9.17) is 5.73 Å². The number of benzene rings is 1. The van der Waals surface area contributed by atoms with Crippen molar-refractivity contribution in [1.29, 1.82) is 0 Å². The SMILES string of the molecule is Nc1cc(F)cc(CN2CCC3CCCCC32)c1. The van der Waals surface area contributed by atoms with E-state index in [9.17, 15) is 4.39 Å². The van der Waals surface area contributed by atoms with Gasteiger partial charge in [0.15, 0.2) is 0 Å². The van der Waals surface area contributed by atoms with E-state index in [1.54, 1.807) is 6.07 Å². The molecule has 1 aliphatic carbocycles. The Kier molecular flexibility index (Phi) is 3.25. The minimum absolute atomic E-state index is 0.218. The van der Waals surface area contributed by atoms with Gasteiger partial charge in [-0.2, -0.15) is 0 Å². The lowest BCUT2D eigenvalue weighted by molar-refractivity contribution is 0.176. The fourth-order valence-corrected chi connectivity index (χ4v) is 3.70. The molecule has 1 aromatic rings. The Morgan fingerprint density at radius 3 is 2.83 bits per heavy atom. The van der Waals surface area contributed by atoms with Crippen LogP contribution in [0.1, 0.15) is 37.7 Å². The lowest BCUT2D eigenvalue weighted by atomic mass is 9.85. The van der Waals surface area contributed by atoms with Crippen molar-refractivity contribution < 1.29 is 4.39 Å². The molecule has 1 aromatic carbocycles. The fraction of sp³-hybridized carbons (Fsp3) is 0.600. The summed E-state index contributed by atoms with van der Waals surface area (Å²) in [6.07, 6.45) is 6.75. The van der Waals surface area contributed by atoms with E-state index in [0.717, 1.165) is 30.6 Å². The molecule has 1 aliphatic heterocycles. The third-order valence-corrected chi connectivity index (χ3v) is 4.49. The van der Waals surface area contributed by atoms with Crippen LogP contribution in [0.2, 0.25) is 0 Å². The molecule has 1 saturated carbocycles. The first-order chi connectivity index (χ1) is 8.72. The summed E-state index contributed by atoms with van der Waals surface area (Å²) in [5.74, 6) is 0.661. The molecule has 2 fully saturated rings. The molecule has 2 nitrogen and oxygen atoms in total. The molecule has 2 aliphatic rings. The highest BCUT2D eigenvalue weighted by Gasteiger charge is 2.35. The van der Waals surface area contributed by atoms with Crippen molar-refractivity contribution >= 4 is 5.69 Å². The molecule has 3 rings (SSSR count). The van der Waals surface area contributed by atoms with Gasteiger partial charge in [-0.05, 0) is 55.5 Å².